The second-order valence-electron chi connectivity index (χ2n) is 14.4. The number of carbonyl (C=O) groups excluding carboxylic acids is 1. The number of benzene rings is 2. The first kappa shape index (κ1) is 33.7. The van der Waals surface area contributed by atoms with Crippen LogP contribution >= 0.6 is 23.2 Å². The minimum atomic E-state index is -0.178. The van der Waals surface area contributed by atoms with Crippen LogP contribution in [-0.2, 0) is 5.41 Å². The van der Waals surface area contributed by atoms with Crippen molar-refractivity contribution >= 4 is 29.1 Å². The van der Waals surface area contributed by atoms with E-state index in [1.807, 2.05) is 43.9 Å². The standard InChI is InChI=1S/C38H53Cl2N2O4/c1-4-44-33-24-28(25-34(45-5-2)35(33)46-6-3)36(43)41-19-14-38(27-41,30-12-13-31(39)32(40)26-30)18-23-42-20-15-37(16-21-42,17-22-42)29-10-8-7-9-11-29/h12-13,24-26,29H,4-11,14-23,27H2,1-3H3/q+1. The lowest BCUT2D eigenvalue weighted by molar-refractivity contribution is -0.946. The molecule has 5 aliphatic rings. The summed E-state index contributed by atoms with van der Waals surface area (Å²) in [5.74, 6) is 2.59. The van der Waals surface area contributed by atoms with Gasteiger partial charge in [-0.15, -0.1) is 0 Å². The Hall–Kier alpha value is -2.15. The summed E-state index contributed by atoms with van der Waals surface area (Å²) in [7, 11) is 0. The lowest BCUT2D eigenvalue weighted by atomic mass is 9.59. The third-order valence-electron chi connectivity index (χ3n) is 12.1. The Balaban J connectivity index is 1.23. The van der Waals surface area contributed by atoms with Gasteiger partial charge in [-0.05, 0) is 81.2 Å². The topological polar surface area (TPSA) is 48.0 Å². The number of nitrogens with zero attached hydrogens (tertiary/aromatic N) is 2. The number of hydrogen-bond acceptors (Lipinski definition) is 4. The molecule has 1 atom stereocenters. The molecule has 0 spiro atoms. The zero-order valence-corrected chi connectivity index (χ0v) is 29.7. The Morgan fingerprint density at radius 3 is 2.07 bits per heavy atom. The molecule has 46 heavy (non-hydrogen) atoms. The summed E-state index contributed by atoms with van der Waals surface area (Å²) in [6, 6.07) is 9.75. The van der Waals surface area contributed by atoms with Crippen LogP contribution in [0.15, 0.2) is 30.3 Å². The number of ether oxygens (including phenoxy) is 3. The zero-order valence-electron chi connectivity index (χ0n) is 28.2. The van der Waals surface area contributed by atoms with Crippen molar-refractivity contribution in [1.29, 1.82) is 0 Å². The molecular weight excluding hydrogens is 619 g/mol. The molecule has 0 radical (unpaired) electrons. The number of carbonyl (C=O) groups is 1. The minimum absolute atomic E-state index is 0.00728. The fourth-order valence-electron chi connectivity index (χ4n) is 9.35. The van der Waals surface area contributed by atoms with E-state index >= 15 is 0 Å². The molecule has 1 unspecified atom stereocenters. The summed E-state index contributed by atoms with van der Waals surface area (Å²) >= 11 is 13.0. The quantitative estimate of drug-likeness (QED) is 0.211. The van der Waals surface area contributed by atoms with Gasteiger partial charge in [0.15, 0.2) is 11.5 Å². The lowest BCUT2D eigenvalue weighted by Gasteiger charge is -2.58. The Bertz CT molecular complexity index is 1340. The van der Waals surface area contributed by atoms with Crippen molar-refractivity contribution in [2.45, 2.75) is 90.4 Å². The van der Waals surface area contributed by atoms with Crippen molar-refractivity contribution in [2.24, 2.45) is 11.3 Å². The third-order valence-corrected chi connectivity index (χ3v) is 12.9. The van der Waals surface area contributed by atoms with E-state index in [2.05, 4.69) is 12.1 Å². The van der Waals surface area contributed by atoms with Crippen LogP contribution in [0.3, 0.4) is 0 Å². The maximum Gasteiger partial charge on any atom is 0.254 e. The predicted octanol–water partition coefficient (Wildman–Crippen LogP) is 8.94. The van der Waals surface area contributed by atoms with Gasteiger partial charge in [-0.25, -0.2) is 0 Å². The van der Waals surface area contributed by atoms with E-state index in [0.29, 0.717) is 71.2 Å². The first-order chi connectivity index (χ1) is 22.3. The van der Waals surface area contributed by atoms with Crippen molar-refractivity contribution in [3.8, 4) is 17.2 Å². The average Bonchev–Trinajstić information content (AvgIpc) is 3.53. The monoisotopic (exact) mass is 671 g/mol. The number of piperidine rings is 3. The normalized spacial score (nSPS) is 28.0. The highest BCUT2D eigenvalue weighted by Crippen LogP contribution is 2.54. The molecule has 7 rings (SSSR count). The number of halogens is 2. The summed E-state index contributed by atoms with van der Waals surface area (Å²) in [6.07, 6.45) is 13.3. The molecule has 2 bridgehead atoms. The Kier molecular flexibility index (Phi) is 10.4. The zero-order chi connectivity index (χ0) is 32.4. The van der Waals surface area contributed by atoms with Gasteiger partial charge in [0.05, 0.1) is 56.0 Å². The Morgan fingerprint density at radius 2 is 1.48 bits per heavy atom. The molecule has 6 nitrogen and oxygen atoms in total. The molecule has 1 amide bonds. The summed E-state index contributed by atoms with van der Waals surface area (Å²) in [5.41, 5.74) is 2.19. The summed E-state index contributed by atoms with van der Waals surface area (Å²) < 4.78 is 19.0. The summed E-state index contributed by atoms with van der Waals surface area (Å²) in [4.78, 5) is 16.2. The van der Waals surface area contributed by atoms with E-state index in [1.54, 1.807) is 0 Å². The number of fused-ring (bicyclic) bond motifs is 3. The van der Waals surface area contributed by atoms with E-state index in [4.69, 9.17) is 37.4 Å². The van der Waals surface area contributed by atoms with Gasteiger partial charge in [0.2, 0.25) is 5.75 Å². The molecule has 5 fully saturated rings. The highest BCUT2D eigenvalue weighted by Gasteiger charge is 2.53. The van der Waals surface area contributed by atoms with Crippen molar-refractivity contribution in [2.75, 3.05) is 59.1 Å². The van der Waals surface area contributed by atoms with Crippen LogP contribution in [0.1, 0.15) is 101 Å². The SMILES string of the molecule is CCOc1cc(C(=O)N2CCC(CC[N+]34CCC(C5CCCCC5)(CC3)CC4)(c3ccc(Cl)c(Cl)c3)C2)cc(OCC)c1OCC. The van der Waals surface area contributed by atoms with Gasteiger partial charge in [-0.1, -0.05) is 48.5 Å². The molecule has 4 heterocycles. The van der Waals surface area contributed by atoms with Gasteiger partial charge in [-0.2, -0.15) is 0 Å². The largest absolute Gasteiger partial charge is 0.490 e. The number of amides is 1. The first-order valence-electron chi connectivity index (χ1n) is 17.9. The highest BCUT2D eigenvalue weighted by atomic mass is 35.5. The van der Waals surface area contributed by atoms with E-state index in [-0.39, 0.29) is 11.3 Å². The smallest absolute Gasteiger partial charge is 0.254 e. The number of likely N-dealkylation sites (tertiary alicyclic amines) is 1. The second kappa shape index (κ2) is 14.1. The molecule has 2 aromatic rings. The fourth-order valence-corrected chi connectivity index (χ4v) is 9.65. The molecule has 0 N–H and O–H groups in total. The third kappa shape index (κ3) is 6.60. The van der Waals surface area contributed by atoms with Gasteiger partial charge in [0.25, 0.3) is 5.91 Å². The lowest BCUT2D eigenvalue weighted by Crippen LogP contribution is -2.64. The highest BCUT2D eigenvalue weighted by molar-refractivity contribution is 6.42. The fraction of sp³-hybridized carbons (Fsp3) is 0.658. The second-order valence-corrected chi connectivity index (χ2v) is 15.2. The maximum absolute atomic E-state index is 14.2. The molecule has 0 aromatic heterocycles. The van der Waals surface area contributed by atoms with Gasteiger partial charge in [0, 0.05) is 49.8 Å². The van der Waals surface area contributed by atoms with Crippen molar-refractivity contribution < 1.29 is 23.5 Å². The van der Waals surface area contributed by atoms with E-state index in [9.17, 15) is 4.79 Å². The number of hydrogen-bond donors (Lipinski definition) is 0. The Labute approximate surface area is 286 Å². The Morgan fingerprint density at radius 1 is 0.848 bits per heavy atom. The van der Waals surface area contributed by atoms with Crippen LogP contribution in [0.25, 0.3) is 0 Å². The van der Waals surface area contributed by atoms with Gasteiger partial charge >= 0.3 is 0 Å². The molecule has 8 heteroatoms. The molecular formula is C38H53Cl2N2O4+. The first-order valence-corrected chi connectivity index (χ1v) is 18.7. The number of rotatable bonds is 12. The van der Waals surface area contributed by atoms with Crippen molar-refractivity contribution in [3.63, 3.8) is 0 Å². The van der Waals surface area contributed by atoms with Crippen LogP contribution in [0.2, 0.25) is 10.0 Å². The van der Waals surface area contributed by atoms with Crippen molar-refractivity contribution in [3.05, 3.63) is 51.5 Å². The van der Waals surface area contributed by atoms with E-state index in [1.165, 1.54) is 81.0 Å². The van der Waals surface area contributed by atoms with Crippen LogP contribution in [-0.4, -0.2) is 74.4 Å². The molecule has 2 aromatic carbocycles. The molecule has 4 saturated heterocycles. The summed E-state index contributed by atoms with van der Waals surface area (Å²) in [5, 5.41) is 1.15. The van der Waals surface area contributed by atoms with Crippen LogP contribution in [0, 0.1) is 11.3 Å². The van der Waals surface area contributed by atoms with Gasteiger partial charge in [-0.3, -0.25) is 4.79 Å². The average molecular weight is 673 g/mol. The molecule has 1 saturated carbocycles. The number of quaternary nitrogens is 1. The van der Waals surface area contributed by atoms with Crippen LogP contribution in [0.5, 0.6) is 17.2 Å². The van der Waals surface area contributed by atoms with E-state index < -0.39 is 0 Å². The molecule has 4 aliphatic heterocycles. The molecule has 1 aliphatic carbocycles. The summed E-state index contributed by atoms with van der Waals surface area (Å²) in [6.45, 7) is 13.6. The van der Waals surface area contributed by atoms with Crippen molar-refractivity contribution in [1.82, 2.24) is 4.90 Å². The minimum Gasteiger partial charge on any atom is -0.490 e. The maximum atomic E-state index is 14.2. The van der Waals surface area contributed by atoms with Gasteiger partial charge in [0.1, 0.15) is 0 Å². The van der Waals surface area contributed by atoms with E-state index in [0.717, 1.165) is 25.3 Å². The predicted molar refractivity (Wildman–Crippen MR) is 186 cm³/mol. The van der Waals surface area contributed by atoms with Gasteiger partial charge < -0.3 is 23.6 Å². The van der Waals surface area contributed by atoms with Crippen LogP contribution in [0.4, 0.5) is 0 Å². The van der Waals surface area contributed by atoms with Crippen LogP contribution < -0.4 is 14.2 Å². The molecule has 252 valence electrons.